The lowest BCUT2D eigenvalue weighted by atomic mass is 10.0. The van der Waals surface area contributed by atoms with Crippen molar-refractivity contribution >= 4 is 11.6 Å². The molecule has 1 atom stereocenters. The van der Waals surface area contributed by atoms with E-state index < -0.39 is 5.91 Å². The third kappa shape index (κ3) is 5.42. The fourth-order valence-corrected chi connectivity index (χ4v) is 3.63. The Labute approximate surface area is 178 Å². The predicted molar refractivity (Wildman–Crippen MR) is 121 cm³/mol. The molecule has 2 heterocycles. The summed E-state index contributed by atoms with van der Waals surface area (Å²) in [6, 6.07) is 18.2. The number of anilines is 1. The Morgan fingerprint density at radius 3 is 2.43 bits per heavy atom. The Hall–Kier alpha value is -3.25. The Morgan fingerprint density at radius 2 is 1.80 bits per heavy atom. The predicted octanol–water partition coefficient (Wildman–Crippen LogP) is 4.13. The van der Waals surface area contributed by atoms with Gasteiger partial charge in [-0.15, -0.1) is 0 Å². The first-order valence-corrected chi connectivity index (χ1v) is 10.4. The number of nitrogens with one attached hydrogen (secondary N) is 1. The standard InChI is InChI=1S/C24H29N5O/c1-3-29(4-2)23(18-8-6-5-7-9-18)13-15-26-20-10-11-21(28-17-20)22-16-19(24(25)30)12-14-27-22/h5-12,14,16-17,23,26H,3-4,13,15H2,1-2H3,(H2,25,30). The van der Waals surface area contributed by atoms with Gasteiger partial charge >= 0.3 is 0 Å². The maximum Gasteiger partial charge on any atom is 0.248 e. The normalized spacial score (nSPS) is 12.0. The number of rotatable bonds is 10. The first kappa shape index (κ1) is 21.5. The van der Waals surface area contributed by atoms with Gasteiger partial charge in [-0.05, 0) is 49.3 Å². The van der Waals surface area contributed by atoms with Crippen molar-refractivity contribution in [3.8, 4) is 11.4 Å². The van der Waals surface area contributed by atoms with Crippen LogP contribution < -0.4 is 11.1 Å². The monoisotopic (exact) mass is 403 g/mol. The van der Waals surface area contributed by atoms with Crippen molar-refractivity contribution in [2.75, 3.05) is 25.0 Å². The van der Waals surface area contributed by atoms with Crippen LogP contribution in [0.2, 0.25) is 0 Å². The van der Waals surface area contributed by atoms with E-state index in [0.29, 0.717) is 23.0 Å². The molecule has 0 spiro atoms. The van der Waals surface area contributed by atoms with Crippen LogP contribution in [0, 0.1) is 0 Å². The number of carbonyl (C=O) groups is 1. The molecular formula is C24H29N5O. The van der Waals surface area contributed by atoms with Crippen LogP contribution in [0.4, 0.5) is 5.69 Å². The van der Waals surface area contributed by atoms with Crippen LogP contribution in [0.3, 0.4) is 0 Å². The number of primary amides is 1. The molecule has 3 N–H and O–H groups in total. The molecule has 1 amide bonds. The largest absolute Gasteiger partial charge is 0.384 e. The van der Waals surface area contributed by atoms with Crippen LogP contribution in [-0.4, -0.2) is 40.4 Å². The molecule has 3 rings (SSSR count). The minimum Gasteiger partial charge on any atom is -0.384 e. The Kier molecular flexibility index (Phi) is 7.51. The minimum absolute atomic E-state index is 0.377. The van der Waals surface area contributed by atoms with Crippen LogP contribution >= 0.6 is 0 Å². The lowest BCUT2D eigenvalue weighted by Crippen LogP contribution is -2.30. The highest BCUT2D eigenvalue weighted by atomic mass is 16.1. The summed E-state index contributed by atoms with van der Waals surface area (Å²) in [5, 5.41) is 3.47. The van der Waals surface area contributed by atoms with Crippen LogP contribution in [-0.2, 0) is 0 Å². The molecule has 0 bridgehead atoms. The molecule has 30 heavy (non-hydrogen) atoms. The van der Waals surface area contributed by atoms with Crippen molar-refractivity contribution in [2.24, 2.45) is 5.73 Å². The summed E-state index contributed by atoms with van der Waals surface area (Å²) in [7, 11) is 0. The molecule has 3 aromatic rings. The summed E-state index contributed by atoms with van der Waals surface area (Å²) < 4.78 is 0. The lowest BCUT2D eigenvalue weighted by molar-refractivity contribution is 0.1000. The van der Waals surface area contributed by atoms with Gasteiger partial charge in [-0.1, -0.05) is 44.2 Å². The molecule has 6 heteroatoms. The number of nitrogens with two attached hydrogens (primary N) is 1. The maximum absolute atomic E-state index is 11.4. The molecule has 1 unspecified atom stereocenters. The fraction of sp³-hybridized carbons (Fsp3) is 0.292. The molecule has 0 aliphatic carbocycles. The average molecular weight is 404 g/mol. The second-order valence-electron chi connectivity index (χ2n) is 7.09. The van der Waals surface area contributed by atoms with Gasteiger partial charge in [0, 0.05) is 24.3 Å². The number of amides is 1. The quantitative estimate of drug-likeness (QED) is 0.532. The summed E-state index contributed by atoms with van der Waals surface area (Å²) >= 11 is 0. The first-order valence-electron chi connectivity index (χ1n) is 10.4. The zero-order valence-electron chi connectivity index (χ0n) is 17.6. The van der Waals surface area contributed by atoms with Crippen molar-refractivity contribution in [1.29, 1.82) is 0 Å². The fourth-order valence-electron chi connectivity index (χ4n) is 3.63. The zero-order valence-corrected chi connectivity index (χ0v) is 17.6. The number of hydrogen-bond acceptors (Lipinski definition) is 5. The van der Waals surface area contributed by atoms with E-state index in [1.807, 2.05) is 12.1 Å². The van der Waals surface area contributed by atoms with E-state index in [1.54, 1.807) is 24.5 Å². The molecule has 0 radical (unpaired) electrons. The highest BCUT2D eigenvalue weighted by molar-refractivity contribution is 5.93. The Bertz CT molecular complexity index is 939. The van der Waals surface area contributed by atoms with Gasteiger partial charge in [0.05, 0.1) is 23.3 Å². The van der Waals surface area contributed by atoms with Crippen molar-refractivity contribution in [3.63, 3.8) is 0 Å². The van der Waals surface area contributed by atoms with Gasteiger partial charge in [0.15, 0.2) is 0 Å². The average Bonchev–Trinajstić information content (AvgIpc) is 2.80. The number of benzene rings is 1. The SMILES string of the molecule is CCN(CC)C(CCNc1ccc(-c2cc(C(N)=O)ccn2)nc1)c1ccccc1. The summed E-state index contributed by atoms with van der Waals surface area (Å²) in [5.41, 5.74) is 9.40. The van der Waals surface area contributed by atoms with E-state index in [-0.39, 0.29) is 0 Å². The second-order valence-corrected chi connectivity index (χ2v) is 7.09. The zero-order chi connectivity index (χ0) is 21.3. The van der Waals surface area contributed by atoms with E-state index in [1.165, 1.54) is 5.56 Å². The van der Waals surface area contributed by atoms with E-state index >= 15 is 0 Å². The molecule has 156 valence electrons. The number of aromatic nitrogens is 2. The van der Waals surface area contributed by atoms with Crippen molar-refractivity contribution in [2.45, 2.75) is 26.3 Å². The molecule has 0 aliphatic rings. The van der Waals surface area contributed by atoms with Gasteiger partial charge in [-0.3, -0.25) is 19.7 Å². The molecule has 0 aliphatic heterocycles. The van der Waals surface area contributed by atoms with Crippen molar-refractivity contribution in [1.82, 2.24) is 14.9 Å². The third-order valence-electron chi connectivity index (χ3n) is 5.25. The molecule has 1 aromatic carbocycles. The third-order valence-corrected chi connectivity index (χ3v) is 5.25. The van der Waals surface area contributed by atoms with Gasteiger partial charge < -0.3 is 11.1 Å². The number of nitrogens with zero attached hydrogens (tertiary/aromatic N) is 3. The summed E-state index contributed by atoms with van der Waals surface area (Å²) in [6.45, 7) is 7.29. The Morgan fingerprint density at radius 1 is 1.03 bits per heavy atom. The highest BCUT2D eigenvalue weighted by Crippen LogP contribution is 2.24. The first-order chi connectivity index (χ1) is 14.6. The van der Waals surface area contributed by atoms with E-state index in [9.17, 15) is 4.79 Å². The maximum atomic E-state index is 11.4. The molecule has 2 aromatic heterocycles. The molecule has 0 fully saturated rings. The van der Waals surface area contributed by atoms with Crippen LogP contribution in [0.5, 0.6) is 0 Å². The smallest absolute Gasteiger partial charge is 0.248 e. The summed E-state index contributed by atoms with van der Waals surface area (Å²) in [6.07, 6.45) is 4.36. The molecule has 0 saturated carbocycles. The number of pyridine rings is 2. The van der Waals surface area contributed by atoms with Crippen LogP contribution in [0.25, 0.3) is 11.4 Å². The molecular weight excluding hydrogens is 374 g/mol. The van der Waals surface area contributed by atoms with Gasteiger partial charge in [-0.2, -0.15) is 0 Å². The van der Waals surface area contributed by atoms with Gasteiger partial charge in [0.2, 0.25) is 5.91 Å². The summed E-state index contributed by atoms with van der Waals surface area (Å²) in [4.78, 5) is 22.6. The number of hydrogen-bond donors (Lipinski definition) is 2. The van der Waals surface area contributed by atoms with E-state index in [4.69, 9.17) is 5.73 Å². The van der Waals surface area contributed by atoms with E-state index in [0.717, 1.165) is 31.7 Å². The van der Waals surface area contributed by atoms with Crippen LogP contribution in [0.1, 0.15) is 42.2 Å². The van der Waals surface area contributed by atoms with Gasteiger partial charge in [0.25, 0.3) is 0 Å². The van der Waals surface area contributed by atoms with Gasteiger partial charge in [0.1, 0.15) is 0 Å². The lowest BCUT2D eigenvalue weighted by Gasteiger charge is -2.30. The van der Waals surface area contributed by atoms with Gasteiger partial charge in [-0.25, -0.2) is 0 Å². The molecule has 0 saturated heterocycles. The summed E-state index contributed by atoms with van der Waals surface area (Å²) in [5.74, 6) is -0.474. The topological polar surface area (TPSA) is 84.1 Å². The number of carbonyl (C=O) groups excluding carboxylic acids is 1. The molecule has 6 nitrogen and oxygen atoms in total. The van der Waals surface area contributed by atoms with Crippen molar-refractivity contribution in [3.05, 3.63) is 78.1 Å². The second kappa shape index (κ2) is 10.5. The minimum atomic E-state index is -0.474. The van der Waals surface area contributed by atoms with Crippen LogP contribution in [0.15, 0.2) is 67.0 Å². The highest BCUT2D eigenvalue weighted by Gasteiger charge is 2.17. The van der Waals surface area contributed by atoms with E-state index in [2.05, 4.69) is 64.4 Å². The Balaban J connectivity index is 1.64. The van der Waals surface area contributed by atoms with Crippen molar-refractivity contribution < 1.29 is 4.79 Å².